The number of amides is 3. The Morgan fingerprint density at radius 2 is 1.80 bits per heavy atom. The van der Waals surface area contributed by atoms with Crippen LogP contribution < -0.4 is 10.6 Å². The number of rotatable bonds is 10. The van der Waals surface area contributed by atoms with Crippen LogP contribution in [0.25, 0.3) is 0 Å². The summed E-state index contributed by atoms with van der Waals surface area (Å²) in [5.41, 5.74) is 2.30. The van der Waals surface area contributed by atoms with Gasteiger partial charge in [-0.25, -0.2) is 0 Å². The highest BCUT2D eigenvalue weighted by Gasteiger charge is 2.49. The van der Waals surface area contributed by atoms with Crippen molar-refractivity contribution in [1.29, 1.82) is 0 Å². The number of pyridine rings is 1. The largest absolute Gasteiger partial charge is 0.508 e. The van der Waals surface area contributed by atoms with E-state index in [4.69, 9.17) is 0 Å². The third-order valence-electron chi connectivity index (χ3n) is 7.28. The molecule has 1 aliphatic heterocycles. The second-order valence-corrected chi connectivity index (χ2v) is 12.2. The number of hydrogen-bond donors (Lipinski definition) is 4. The molecular weight excluding hydrogens is 540 g/mol. The lowest BCUT2D eigenvalue weighted by molar-refractivity contribution is -0.147. The number of phenolic OH excluding ortho intramolecular Hbond substituents is 1. The van der Waals surface area contributed by atoms with Crippen molar-refractivity contribution in [3.8, 4) is 5.75 Å². The van der Waals surface area contributed by atoms with Crippen LogP contribution >= 0.6 is 11.8 Å². The minimum Gasteiger partial charge on any atom is -0.508 e. The third-order valence-corrected chi connectivity index (χ3v) is 8.66. The van der Waals surface area contributed by atoms with Gasteiger partial charge in [-0.05, 0) is 57.0 Å². The smallest absolute Gasteiger partial charge is 0.254 e. The van der Waals surface area contributed by atoms with Crippen LogP contribution in [0, 0.1) is 6.92 Å². The standard InChI is InChI=1S/C31H36N4O5S/c1-20-23(13-9-14-25(20)36)28(38)34-24(18-21-10-5-4-6-11-21)26(37)30(40)35-19-41-31(2,3)27(35)29(39)33-17-15-22-12-7-8-16-32-22/h4-14,16,24,26-27,36-37H,15,17-19H2,1-3H3,(H,33,39)(H,34,38). The van der Waals surface area contributed by atoms with Gasteiger partial charge in [0.25, 0.3) is 11.8 Å². The molecule has 0 aliphatic carbocycles. The first-order chi connectivity index (χ1) is 19.6. The van der Waals surface area contributed by atoms with Gasteiger partial charge in [-0.2, -0.15) is 0 Å². The number of aliphatic hydroxyl groups excluding tert-OH is 1. The van der Waals surface area contributed by atoms with Gasteiger partial charge in [-0.15, -0.1) is 11.8 Å². The number of thioether (sulfide) groups is 1. The molecule has 3 amide bonds. The maximum atomic E-state index is 13.8. The van der Waals surface area contributed by atoms with Gasteiger partial charge in [0.15, 0.2) is 6.10 Å². The normalized spacial score (nSPS) is 17.5. The molecule has 0 spiro atoms. The summed E-state index contributed by atoms with van der Waals surface area (Å²) in [5.74, 6) is -1.27. The van der Waals surface area contributed by atoms with Crippen molar-refractivity contribution in [2.45, 2.75) is 56.5 Å². The number of aromatic hydroxyl groups is 1. The quantitative estimate of drug-likeness (QED) is 0.292. The molecule has 1 aliphatic rings. The number of phenols is 1. The van der Waals surface area contributed by atoms with Crippen LogP contribution in [-0.2, 0) is 22.4 Å². The molecule has 3 aromatic rings. The molecular formula is C31H36N4O5S. The fourth-order valence-corrected chi connectivity index (χ4v) is 6.08. The minimum absolute atomic E-state index is 0.0258. The Balaban J connectivity index is 1.52. The first kappa shape index (κ1) is 30.1. The number of nitrogens with one attached hydrogen (secondary N) is 2. The predicted molar refractivity (Wildman–Crippen MR) is 158 cm³/mol. The van der Waals surface area contributed by atoms with Crippen LogP contribution in [-0.4, -0.2) is 73.2 Å². The van der Waals surface area contributed by atoms with Crippen LogP contribution in [0.1, 0.15) is 41.0 Å². The Kier molecular flexibility index (Phi) is 9.67. The van der Waals surface area contributed by atoms with Crippen molar-refractivity contribution in [1.82, 2.24) is 20.5 Å². The Hall–Kier alpha value is -3.89. The molecule has 41 heavy (non-hydrogen) atoms. The summed E-state index contributed by atoms with van der Waals surface area (Å²) in [6, 6.07) is 17.6. The monoisotopic (exact) mass is 576 g/mol. The van der Waals surface area contributed by atoms with E-state index in [1.54, 1.807) is 25.3 Å². The summed E-state index contributed by atoms with van der Waals surface area (Å²) in [6.45, 7) is 5.77. The van der Waals surface area contributed by atoms with Crippen molar-refractivity contribution in [2.24, 2.45) is 0 Å². The van der Waals surface area contributed by atoms with E-state index in [2.05, 4.69) is 15.6 Å². The fraction of sp³-hybridized carbons (Fsp3) is 0.355. The second-order valence-electron chi connectivity index (χ2n) is 10.6. The highest BCUT2D eigenvalue weighted by molar-refractivity contribution is 8.00. The Morgan fingerprint density at radius 3 is 2.51 bits per heavy atom. The Labute approximate surface area is 244 Å². The van der Waals surface area contributed by atoms with Crippen molar-refractivity contribution in [3.63, 3.8) is 0 Å². The molecule has 216 valence electrons. The molecule has 2 aromatic carbocycles. The molecule has 0 radical (unpaired) electrons. The molecule has 4 N–H and O–H groups in total. The zero-order valence-corrected chi connectivity index (χ0v) is 24.2. The van der Waals surface area contributed by atoms with Crippen molar-refractivity contribution >= 4 is 29.5 Å². The number of aliphatic hydroxyl groups is 1. The summed E-state index contributed by atoms with van der Waals surface area (Å²) in [4.78, 5) is 46.1. The molecule has 4 rings (SSSR count). The van der Waals surface area contributed by atoms with Gasteiger partial charge in [0.2, 0.25) is 5.91 Å². The SMILES string of the molecule is Cc1c(O)cccc1C(=O)NC(Cc1ccccc1)C(O)C(=O)N1CSC(C)(C)C1C(=O)NCCc1ccccn1. The lowest BCUT2D eigenvalue weighted by Crippen LogP contribution is -2.58. The van der Waals surface area contributed by atoms with Crippen molar-refractivity contribution in [2.75, 3.05) is 12.4 Å². The van der Waals surface area contributed by atoms with Gasteiger partial charge < -0.3 is 25.7 Å². The summed E-state index contributed by atoms with van der Waals surface area (Å²) >= 11 is 1.46. The molecule has 1 fully saturated rings. The van der Waals surface area contributed by atoms with E-state index in [1.165, 1.54) is 22.7 Å². The van der Waals surface area contributed by atoms with Crippen LogP contribution in [0.15, 0.2) is 72.9 Å². The van der Waals surface area contributed by atoms with Gasteiger partial charge in [0, 0.05) is 40.7 Å². The van der Waals surface area contributed by atoms with E-state index in [9.17, 15) is 24.6 Å². The van der Waals surface area contributed by atoms with Gasteiger partial charge in [0.05, 0.1) is 11.9 Å². The summed E-state index contributed by atoms with van der Waals surface area (Å²) in [7, 11) is 0. The van der Waals surface area contributed by atoms with Crippen LogP contribution in [0.2, 0.25) is 0 Å². The number of aromatic nitrogens is 1. The van der Waals surface area contributed by atoms with Crippen molar-refractivity contribution < 1.29 is 24.6 Å². The maximum Gasteiger partial charge on any atom is 0.254 e. The second kappa shape index (κ2) is 13.2. The summed E-state index contributed by atoms with van der Waals surface area (Å²) in [5, 5.41) is 27.2. The van der Waals surface area contributed by atoms with Gasteiger partial charge >= 0.3 is 0 Å². The molecule has 0 saturated carbocycles. The number of benzene rings is 2. The topological polar surface area (TPSA) is 132 Å². The summed E-state index contributed by atoms with van der Waals surface area (Å²) in [6.07, 6.45) is 0.809. The minimum atomic E-state index is -1.62. The fourth-order valence-electron chi connectivity index (χ4n) is 4.94. The number of hydrogen-bond acceptors (Lipinski definition) is 7. The highest BCUT2D eigenvalue weighted by Crippen LogP contribution is 2.40. The van der Waals surface area contributed by atoms with Gasteiger partial charge in [0.1, 0.15) is 11.8 Å². The van der Waals surface area contributed by atoms with E-state index in [-0.39, 0.29) is 29.5 Å². The first-order valence-electron chi connectivity index (χ1n) is 13.5. The Morgan fingerprint density at radius 1 is 1.07 bits per heavy atom. The van der Waals surface area contributed by atoms with Crippen molar-refractivity contribution in [3.05, 3.63) is 95.3 Å². The number of carbonyl (C=O) groups is 3. The van der Waals surface area contributed by atoms with Gasteiger partial charge in [-0.1, -0.05) is 42.5 Å². The molecule has 9 nitrogen and oxygen atoms in total. The first-order valence-corrected chi connectivity index (χ1v) is 14.5. The molecule has 3 unspecified atom stereocenters. The zero-order chi connectivity index (χ0) is 29.6. The van der Waals surface area contributed by atoms with E-state index in [0.717, 1.165) is 11.3 Å². The van der Waals surface area contributed by atoms with Crippen LogP contribution in [0.5, 0.6) is 5.75 Å². The lowest BCUT2D eigenvalue weighted by atomic mass is 9.96. The predicted octanol–water partition coefficient (Wildman–Crippen LogP) is 2.84. The van der Waals surface area contributed by atoms with E-state index in [1.807, 2.05) is 62.4 Å². The maximum absolute atomic E-state index is 13.8. The van der Waals surface area contributed by atoms with Gasteiger partial charge in [-0.3, -0.25) is 19.4 Å². The van der Waals surface area contributed by atoms with E-state index >= 15 is 0 Å². The molecule has 1 saturated heterocycles. The van der Waals surface area contributed by atoms with Crippen LogP contribution in [0.3, 0.4) is 0 Å². The molecule has 1 aromatic heterocycles. The zero-order valence-electron chi connectivity index (χ0n) is 23.4. The molecule has 3 atom stereocenters. The third kappa shape index (κ3) is 7.25. The van der Waals surface area contributed by atoms with E-state index in [0.29, 0.717) is 18.5 Å². The average molecular weight is 577 g/mol. The average Bonchev–Trinajstić information content (AvgIpc) is 3.29. The van der Waals surface area contributed by atoms with E-state index < -0.39 is 34.7 Å². The summed E-state index contributed by atoms with van der Waals surface area (Å²) < 4.78 is -0.596. The Bertz CT molecular complexity index is 1370. The highest BCUT2D eigenvalue weighted by atomic mass is 32.2. The molecule has 10 heteroatoms. The molecule has 0 bridgehead atoms. The number of nitrogens with zero attached hydrogens (tertiary/aromatic N) is 2. The lowest BCUT2D eigenvalue weighted by Gasteiger charge is -2.33. The van der Waals surface area contributed by atoms with Crippen LogP contribution in [0.4, 0.5) is 0 Å². The molecule has 2 heterocycles. The number of carbonyl (C=O) groups excluding carboxylic acids is 3.